The van der Waals surface area contributed by atoms with Gasteiger partial charge in [-0.3, -0.25) is 14.3 Å². The summed E-state index contributed by atoms with van der Waals surface area (Å²) >= 11 is 0. The first-order chi connectivity index (χ1) is 8.08. The molecule has 0 amide bonds. The number of nitrogens with one attached hydrogen (secondary N) is 1. The molecule has 0 aliphatic rings. The second kappa shape index (κ2) is 4.08. The first-order valence-corrected chi connectivity index (χ1v) is 4.54. The summed E-state index contributed by atoms with van der Waals surface area (Å²) in [5.41, 5.74) is -2.16. The predicted molar refractivity (Wildman–Crippen MR) is 53.9 cm³/mol. The highest BCUT2D eigenvalue weighted by Gasteiger charge is 2.12. The fourth-order valence-electron chi connectivity index (χ4n) is 1.27. The van der Waals surface area contributed by atoms with Crippen molar-refractivity contribution in [2.24, 2.45) is 0 Å². The minimum Gasteiger partial charge on any atom is -0.477 e. The first-order valence-electron chi connectivity index (χ1n) is 4.54. The van der Waals surface area contributed by atoms with Crippen molar-refractivity contribution >= 4 is 5.97 Å². The molecule has 2 aromatic heterocycles. The molecule has 0 aliphatic carbocycles. The van der Waals surface area contributed by atoms with Gasteiger partial charge >= 0.3 is 11.7 Å². The summed E-state index contributed by atoms with van der Waals surface area (Å²) in [5, 5.41) is 12.2. The van der Waals surface area contributed by atoms with Crippen LogP contribution in [0.4, 0.5) is 0 Å². The monoisotopic (exact) mass is 237 g/mol. The summed E-state index contributed by atoms with van der Waals surface area (Å²) in [6.45, 7) is -0.00407. The molecule has 0 unspecified atom stereocenters. The van der Waals surface area contributed by atoms with Crippen LogP contribution in [-0.4, -0.2) is 25.8 Å². The molecule has 0 spiro atoms. The van der Waals surface area contributed by atoms with Gasteiger partial charge in [-0.15, -0.1) is 0 Å². The second-order valence-corrected chi connectivity index (χ2v) is 3.21. The fourth-order valence-corrected chi connectivity index (χ4v) is 1.27. The van der Waals surface area contributed by atoms with Gasteiger partial charge in [-0.05, 0) is 0 Å². The summed E-state index contributed by atoms with van der Waals surface area (Å²) in [5.74, 6) is -1.03. The topological polar surface area (TPSA) is 118 Å². The number of aromatic amines is 1. The number of aromatic nitrogens is 3. The summed E-state index contributed by atoms with van der Waals surface area (Å²) in [6.07, 6.45) is 2.36. The maximum absolute atomic E-state index is 11.4. The lowest BCUT2D eigenvalue weighted by Gasteiger charge is -2.02. The van der Waals surface area contributed by atoms with Gasteiger partial charge in [-0.25, -0.2) is 9.59 Å². The van der Waals surface area contributed by atoms with Gasteiger partial charge in [0.2, 0.25) is 0 Å². The van der Waals surface area contributed by atoms with E-state index in [2.05, 4.69) is 5.16 Å². The van der Waals surface area contributed by atoms with E-state index in [4.69, 9.17) is 9.63 Å². The van der Waals surface area contributed by atoms with Crippen molar-refractivity contribution in [3.63, 3.8) is 0 Å². The van der Waals surface area contributed by atoms with E-state index in [0.717, 1.165) is 10.8 Å². The van der Waals surface area contributed by atoms with Crippen LogP contribution in [0, 0.1) is 0 Å². The Morgan fingerprint density at radius 1 is 1.53 bits per heavy atom. The van der Waals surface area contributed by atoms with Crippen LogP contribution in [-0.2, 0) is 6.54 Å². The number of hydrogen-bond acceptors (Lipinski definition) is 5. The number of hydrogen-bond donors (Lipinski definition) is 2. The van der Waals surface area contributed by atoms with Gasteiger partial charge in [-0.2, -0.15) is 0 Å². The normalized spacial score (nSPS) is 10.4. The molecule has 8 nitrogen and oxygen atoms in total. The minimum atomic E-state index is -1.41. The lowest BCUT2D eigenvalue weighted by atomic mass is 10.3. The largest absolute Gasteiger partial charge is 0.477 e. The highest BCUT2D eigenvalue weighted by Crippen LogP contribution is 1.98. The van der Waals surface area contributed by atoms with Crippen LogP contribution in [0.2, 0.25) is 0 Å². The number of H-pyrrole nitrogens is 1. The zero-order valence-electron chi connectivity index (χ0n) is 8.41. The summed E-state index contributed by atoms with van der Waals surface area (Å²) in [4.78, 5) is 35.2. The van der Waals surface area contributed by atoms with Crippen molar-refractivity contribution in [2.75, 3.05) is 0 Å². The van der Waals surface area contributed by atoms with Gasteiger partial charge in [0.1, 0.15) is 5.56 Å². The zero-order chi connectivity index (χ0) is 12.4. The molecule has 0 fully saturated rings. The lowest BCUT2D eigenvalue weighted by Crippen LogP contribution is -2.33. The third-order valence-electron chi connectivity index (χ3n) is 2.06. The molecule has 2 rings (SSSR count). The summed E-state index contributed by atoms with van der Waals surface area (Å²) < 4.78 is 5.79. The highest BCUT2D eigenvalue weighted by molar-refractivity contribution is 5.86. The second-order valence-electron chi connectivity index (χ2n) is 3.21. The molecular weight excluding hydrogens is 230 g/mol. The van der Waals surface area contributed by atoms with E-state index in [1.807, 2.05) is 4.98 Å². The molecule has 2 N–H and O–H groups in total. The maximum Gasteiger partial charge on any atom is 0.342 e. The third-order valence-corrected chi connectivity index (χ3v) is 2.06. The SMILES string of the molecule is O=C(O)c1cn(Cc2ccno2)c(=O)[nH]c1=O. The Morgan fingerprint density at radius 2 is 2.29 bits per heavy atom. The van der Waals surface area contributed by atoms with E-state index in [9.17, 15) is 14.4 Å². The van der Waals surface area contributed by atoms with E-state index < -0.39 is 22.8 Å². The van der Waals surface area contributed by atoms with Crippen molar-refractivity contribution in [1.29, 1.82) is 0 Å². The number of rotatable bonds is 3. The van der Waals surface area contributed by atoms with Crippen molar-refractivity contribution in [1.82, 2.24) is 14.7 Å². The molecule has 0 radical (unpaired) electrons. The maximum atomic E-state index is 11.4. The molecule has 2 aromatic rings. The number of nitrogens with zero attached hydrogens (tertiary/aromatic N) is 2. The van der Waals surface area contributed by atoms with Gasteiger partial charge in [-0.1, -0.05) is 5.16 Å². The molecule has 8 heteroatoms. The molecule has 17 heavy (non-hydrogen) atoms. The van der Waals surface area contributed by atoms with Gasteiger partial charge < -0.3 is 9.63 Å². The standard InChI is InChI=1S/C9H7N3O5/c13-7-6(8(14)15)4-12(9(16)11-7)3-5-1-2-10-17-5/h1-2,4H,3H2,(H,14,15)(H,11,13,16). The van der Waals surface area contributed by atoms with E-state index in [1.165, 1.54) is 12.3 Å². The lowest BCUT2D eigenvalue weighted by molar-refractivity contribution is 0.0693. The first kappa shape index (κ1) is 10.9. The summed E-state index contributed by atoms with van der Waals surface area (Å²) in [6, 6.07) is 1.53. The molecule has 0 aliphatic heterocycles. The molecule has 0 bridgehead atoms. The van der Waals surface area contributed by atoms with Crippen LogP contribution in [0.1, 0.15) is 16.1 Å². The average molecular weight is 237 g/mol. The van der Waals surface area contributed by atoms with Gasteiger partial charge in [0, 0.05) is 12.3 Å². The van der Waals surface area contributed by atoms with Gasteiger partial charge in [0.05, 0.1) is 12.7 Å². The minimum absolute atomic E-state index is 0.00407. The Balaban J connectivity index is 2.47. The molecule has 88 valence electrons. The Morgan fingerprint density at radius 3 is 2.88 bits per heavy atom. The van der Waals surface area contributed by atoms with Crippen LogP contribution in [0.3, 0.4) is 0 Å². The van der Waals surface area contributed by atoms with E-state index in [1.54, 1.807) is 0 Å². The Labute approximate surface area is 93.1 Å². The number of carbonyl (C=O) groups is 1. The number of aromatic carboxylic acids is 1. The highest BCUT2D eigenvalue weighted by atomic mass is 16.5. The molecular formula is C9H7N3O5. The molecule has 0 atom stereocenters. The predicted octanol–water partition coefficient (Wildman–Crippen LogP) is -0.729. The quantitative estimate of drug-likeness (QED) is 0.726. The van der Waals surface area contributed by atoms with Crippen LogP contribution in [0.15, 0.2) is 32.6 Å². The van der Waals surface area contributed by atoms with Crippen molar-refractivity contribution < 1.29 is 14.4 Å². The Kier molecular flexibility index (Phi) is 2.61. The molecule has 0 saturated heterocycles. The Hall–Kier alpha value is -2.64. The van der Waals surface area contributed by atoms with Crippen molar-refractivity contribution in [3.8, 4) is 0 Å². The fraction of sp³-hybridized carbons (Fsp3) is 0.111. The molecule has 0 aromatic carbocycles. The number of carboxylic acids is 1. The molecule has 0 saturated carbocycles. The van der Waals surface area contributed by atoms with Crippen LogP contribution >= 0.6 is 0 Å². The summed E-state index contributed by atoms with van der Waals surface area (Å²) in [7, 11) is 0. The van der Waals surface area contributed by atoms with Crippen LogP contribution in [0.5, 0.6) is 0 Å². The Bertz CT molecular complexity index is 652. The number of carboxylic acid groups (broad SMARTS) is 1. The molecule has 2 heterocycles. The van der Waals surface area contributed by atoms with Gasteiger partial charge in [0.15, 0.2) is 5.76 Å². The van der Waals surface area contributed by atoms with Crippen molar-refractivity contribution in [3.05, 3.63) is 50.6 Å². The third kappa shape index (κ3) is 2.14. The smallest absolute Gasteiger partial charge is 0.342 e. The van der Waals surface area contributed by atoms with E-state index >= 15 is 0 Å². The average Bonchev–Trinajstić information content (AvgIpc) is 2.74. The zero-order valence-corrected chi connectivity index (χ0v) is 8.41. The van der Waals surface area contributed by atoms with Gasteiger partial charge in [0.25, 0.3) is 5.56 Å². The van der Waals surface area contributed by atoms with Crippen LogP contribution < -0.4 is 11.2 Å². The van der Waals surface area contributed by atoms with Crippen LogP contribution in [0.25, 0.3) is 0 Å². The van der Waals surface area contributed by atoms with E-state index in [0.29, 0.717) is 5.76 Å². The van der Waals surface area contributed by atoms with E-state index in [-0.39, 0.29) is 6.54 Å². The van der Waals surface area contributed by atoms with Crippen molar-refractivity contribution in [2.45, 2.75) is 6.54 Å².